The lowest BCUT2D eigenvalue weighted by Gasteiger charge is -2.32. The van der Waals surface area contributed by atoms with Crippen LogP contribution in [0, 0.1) is 11.7 Å². The van der Waals surface area contributed by atoms with E-state index in [0.717, 1.165) is 41.8 Å². The molecular formula is C29H27FN6O2. The Labute approximate surface area is 218 Å². The zero-order valence-corrected chi connectivity index (χ0v) is 20.9. The first kappa shape index (κ1) is 21.9. The van der Waals surface area contributed by atoms with E-state index in [1.165, 1.54) is 12.5 Å². The number of pyridine rings is 1. The van der Waals surface area contributed by atoms with E-state index in [9.17, 15) is 9.59 Å². The number of halogens is 1. The van der Waals surface area contributed by atoms with Crippen molar-refractivity contribution >= 4 is 39.6 Å². The van der Waals surface area contributed by atoms with Crippen LogP contribution in [0.1, 0.15) is 36.1 Å². The molecular weight excluding hydrogens is 483 g/mol. The van der Waals surface area contributed by atoms with Gasteiger partial charge in [-0.2, -0.15) is 0 Å². The number of aromatic nitrogens is 3. The average molecular weight is 511 g/mol. The van der Waals surface area contributed by atoms with Crippen LogP contribution in [0.4, 0.5) is 9.18 Å². The van der Waals surface area contributed by atoms with Crippen molar-refractivity contribution in [3.63, 3.8) is 0 Å². The zero-order valence-electron chi connectivity index (χ0n) is 20.9. The molecule has 3 aliphatic heterocycles. The van der Waals surface area contributed by atoms with E-state index in [-0.39, 0.29) is 24.2 Å². The van der Waals surface area contributed by atoms with Crippen molar-refractivity contribution in [1.29, 1.82) is 0 Å². The van der Waals surface area contributed by atoms with Crippen molar-refractivity contribution in [3.8, 4) is 0 Å². The molecule has 3 aromatic heterocycles. The SMILES string of the molecule is O=C1CNC(c2cnc3ccccn23)=C1c1cn2c3c(cc(F)cc13)CN(C(=O)N1CC3CCC1C3)CC2. The first-order valence-electron chi connectivity index (χ1n) is 13.4. The number of ketones is 1. The second kappa shape index (κ2) is 7.93. The number of Topliss-reactive ketones (excluding diaryl/α,β-unsaturated/α-hetero) is 1. The van der Waals surface area contributed by atoms with Crippen LogP contribution in [0.15, 0.2) is 48.9 Å². The third-order valence-electron chi connectivity index (χ3n) is 8.81. The Kier molecular flexibility index (Phi) is 4.57. The predicted molar refractivity (Wildman–Crippen MR) is 141 cm³/mol. The molecule has 8 nitrogen and oxygen atoms in total. The minimum Gasteiger partial charge on any atom is -0.375 e. The number of hydrogen-bond donors (Lipinski definition) is 1. The molecule has 38 heavy (non-hydrogen) atoms. The van der Waals surface area contributed by atoms with Crippen LogP contribution < -0.4 is 5.32 Å². The van der Waals surface area contributed by atoms with Crippen LogP contribution >= 0.6 is 0 Å². The van der Waals surface area contributed by atoms with Gasteiger partial charge in [0.1, 0.15) is 11.5 Å². The standard InChI is InChI=1S/C29H27FN6O2/c30-19-10-18-15-34(29(38)36-14-17-4-5-20(36)9-17)8-7-33-16-22(21(11-19)28(18)33)26-24(37)13-32-27(26)23-12-31-25-3-1-2-6-35(23)25/h1-3,6,10-12,16-17,20,32H,4-5,7-9,13-15H2. The highest BCUT2D eigenvalue weighted by atomic mass is 19.1. The average Bonchev–Trinajstić information content (AvgIpc) is 3.73. The highest BCUT2D eigenvalue weighted by molar-refractivity contribution is 6.33. The normalized spacial score (nSPS) is 22.7. The van der Waals surface area contributed by atoms with Crippen LogP contribution in [-0.4, -0.2) is 61.2 Å². The Morgan fingerprint density at radius 1 is 1.16 bits per heavy atom. The summed E-state index contributed by atoms with van der Waals surface area (Å²) in [5.41, 5.74) is 5.22. The van der Waals surface area contributed by atoms with Crippen molar-refractivity contribution in [2.24, 2.45) is 5.92 Å². The quantitative estimate of drug-likeness (QED) is 0.444. The molecule has 1 aromatic carbocycles. The number of imidazole rings is 1. The lowest BCUT2D eigenvalue weighted by Crippen LogP contribution is -2.46. The molecule has 4 aliphatic rings. The van der Waals surface area contributed by atoms with Crippen molar-refractivity contribution in [2.45, 2.75) is 38.4 Å². The van der Waals surface area contributed by atoms with E-state index >= 15 is 4.39 Å². The summed E-state index contributed by atoms with van der Waals surface area (Å²) in [5, 5.41) is 3.97. The lowest BCUT2D eigenvalue weighted by molar-refractivity contribution is -0.112. The Bertz CT molecular complexity index is 1700. The van der Waals surface area contributed by atoms with Gasteiger partial charge in [-0.15, -0.1) is 0 Å². The summed E-state index contributed by atoms with van der Waals surface area (Å²) in [5.74, 6) is 0.228. The van der Waals surface area contributed by atoms with Gasteiger partial charge < -0.3 is 19.7 Å². The topological polar surface area (TPSA) is 74.9 Å². The number of amides is 2. The maximum atomic E-state index is 15.1. The van der Waals surface area contributed by atoms with Crippen molar-refractivity contribution < 1.29 is 14.0 Å². The molecule has 9 heteroatoms. The summed E-state index contributed by atoms with van der Waals surface area (Å²) < 4.78 is 19.1. The first-order chi connectivity index (χ1) is 18.5. The second-order valence-electron chi connectivity index (χ2n) is 11.0. The summed E-state index contributed by atoms with van der Waals surface area (Å²) in [6, 6.07) is 9.24. The number of hydrogen-bond acceptors (Lipinski definition) is 4. The molecule has 2 amide bonds. The smallest absolute Gasteiger partial charge is 0.320 e. The molecule has 2 unspecified atom stereocenters. The lowest BCUT2D eigenvalue weighted by atomic mass is 9.99. The number of nitrogens with zero attached hydrogens (tertiary/aromatic N) is 5. The van der Waals surface area contributed by atoms with Gasteiger partial charge in [0.15, 0.2) is 5.78 Å². The maximum absolute atomic E-state index is 15.1. The molecule has 0 radical (unpaired) electrons. The summed E-state index contributed by atoms with van der Waals surface area (Å²) in [6.07, 6.45) is 9.06. The number of nitrogens with one attached hydrogen (secondary N) is 1. The minimum atomic E-state index is -0.364. The van der Waals surface area contributed by atoms with Gasteiger partial charge in [0.25, 0.3) is 0 Å². The minimum absolute atomic E-state index is 0.0336. The first-order valence-corrected chi connectivity index (χ1v) is 13.4. The summed E-state index contributed by atoms with van der Waals surface area (Å²) >= 11 is 0. The number of carbonyl (C=O) groups excluding carboxylic acids is 2. The molecule has 4 aromatic rings. The largest absolute Gasteiger partial charge is 0.375 e. The van der Waals surface area contributed by atoms with Crippen LogP contribution in [0.3, 0.4) is 0 Å². The monoisotopic (exact) mass is 510 g/mol. The van der Waals surface area contributed by atoms with Crippen molar-refractivity contribution in [2.75, 3.05) is 19.6 Å². The fourth-order valence-electron chi connectivity index (χ4n) is 7.11. The van der Waals surface area contributed by atoms with Crippen molar-refractivity contribution in [3.05, 3.63) is 71.6 Å². The Balaban J connectivity index is 1.23. The van der Waals surface area contributed by atoms with Gasteiger partial charge in [0.05, 0.1) is 35.2 Å². The Morgan fingerprint density at radius 2 is 2.08 bits per heavy atom. The number of benzene rings is 1. The molecule has 2 atom stereocenters. The molecule has 0 spiro atoms. The third kappa shape index (κ3) is 3.10. The maximum Gasteiger partial charge on any atom is 0.320 e. The van der Waals surface area contributed by atoms with Crippen molar-refractivity contribution in [1.82, 2.24) is 29.1 Å². The van der Waals surface area contributed by atoms with Crippen LogP contribution in [0.5, 0.6) is 0 Å². The molecule has 192 valence electrons. The highest BCUT2D eigenvalue weighted by Gasteiger charge is 2.42. The van der Waals surface area contributed by atoms with E-state index < -0.39 is 0 Å². The summed E-state index contributed by atoms with van der Waals surface area (Å²) in [4.78, 5) is 35.1. The molecule has 1 saturated carbocycles. The van der Waals surface area contributed by atoms with E-state index in [0.29, 0.717) is 53.8 Å². The predicted octanol–water partition coefficient (Wildman–Crippen LogP) is 3.89. The molecule has 1 aliphatic carbocycles. The summed E-state index contributed by atoms with van der Waals surface area (Å²) in [6.45, 7) is 2.50. The van der Waals surface area contributed by atoms with Gasteiger partial charge in [0.2, 0.25) is 0 Å². The number of carbonyl (C=O) groups is 2. The fourth-order valence-corrected chi connectivity index (χ4v) is 7.11. The highest BCUT2D eigenvalue weighted by Crippen LogP contribution is 2.40. The van der Waals surface area contributed by atoms with E-state index in [1.54, 1.807) is 12.3 Å². The third-order valence-corrected chi connectivity index (χ3v) is 8.81. The molecule has 1 saturated heterocycles. The molecule has 1 N–H and O–H groups in total. The fraction of sp³-hybridized carbons (Fsp3) is 0.345. The van der Waals surface area contributed by atoms with E-state index in [2.05, 4.69) is 14.9 Å². The molecule has 8 rings (SSSR count). The Morgan fingerprint density at radius 3 is 2.92 bits per heavy atom. The van der Waals surface area contributed by atoms with Gasteiger partial charge in [-0.05, 0) is 55.0 Å². The van der Waals surface area contributed by atoms with E-state index in [4.69, 9.17) is 0 Å². The van der Waals surface area contributed by atoms with Gasteiger partial charge in [-0.3, -0.25) is 9.20 Å². The van der Waals surface area contributed by atoms with Crippen LogP contribution in [-0.2, 0) is 17.9 Å². The number of piperidine rings is 1. The van der Waals surface area contributed by atoms with Crippen LogP contribution in [0.2, 0.25) is 0 Å². The second-order valence-corrected chi connectivity index (χ2v) is 11.0. The van der Waals surface area contributed by atoms with Gasteiger partial charge in [-0.1, -0.05) is 6.07 Å². The number of urea groups is 1. The molecule has 2 fully saturated rings. The number of likely N-dealkylation sites (tertiary alicyclic amines) is 1. The zero-order chi connectivity index (χ0) is 25.5. The van der Waals surface area contributed by atoms with E-state index in [1.807, 2.05) is 44.8 Å². The summed E-state index contributed by atoms with van der Waals surface area (Å²) in [7, 11) is 0. The number of rotatable bonds is 2. The Hall–Kier alpha value is -4.14. The molecule has 2 bridgehead atoms. The number of fused-ring (bicyclic) bond motifs is 3. The van der Waals surface area contributed by atoms with Gasteiger partial charge in [0, 0.05) is 55.6 Å². The van der Waals surface area contributed by atoms with Crippen LogP contribution in [0.25, 0.3) is 27.8 Å². The van der Waals surface area contributed by atoms with Gasteiger partial charge in [-0.25, -0.2) is 14.2 Å². The van der Waals surface area contributed by atoms with Gasteiger partial charge >= 0.3 is 6.03 Å². The molecule has 6 heterocycles.